The molecule has 5 N–H and O–H groups in total. The van der Waals surface area contributed by atoms with E-state index in [1.807, 2.05) is 12.3 Å². The average Bonchev–Trinajstić information content (AvgIpc) is 3.29. The third kappa shape index (κ3) is 3.90. The number of nitrogens with zero attached hydrogens (tertiary/aromatic N) is 2. The van der Waals surface area contributed by atoms with Gasteiger partial charge in [0.05, 0.1) is 23.2 Å². The summed E-state index contributed by atoms with van der Waals surface area (Å²) < 4.78 is 5.08. The maximum Gasteiger partial charge on any atom is 0.258 e. The van der Waals surface area contributed by atoms with Crippen LogP contribution in [0.2, 0.25) is 0 Å². The molecule has 1 aliphatic rings. The normalized spacial score (nSPS) is 17.4. The van der Waals surface area contributed by atoms with Gasteiger partial charge in [0.1, 0.15) is 10.8 Å². The third-order valence-electron chi connectivity index (χ3n) is 4.57. The van der Waals surface area contributed by atoms with Crippen LogP contribution in [0.15, 0.2) is 23.6 Å². The number of ether oxygens (including phenoxy) is 1. The number of aryl methyl sites for hydroxylation is 1. The van der Waals surface area contributed by atoms with Gasteiger partial charge in [-0.3, -0.25) is 15.6 Å². The van der Waals surface area contributed by atoms with Gasteiger partial charge in [0, 0.05) is 17.6 Å². The molecule has 0 spiro atoms. The summed E-state index contributed by atoms with van der Waals surface area (Å²) in [5.41, 5.74) is 6.62. The Labute approximate surface area is 167 Å². The number of carbonyl (C=O) groups is 1. The minimum Gasteiger partial charge on any atom is -0.506 e. The number of thiazole rings is 1. The molecule has 0 unspecified atom stereocenters. The first-order valence-corrected chi connectivity index (χ1v) is 9.83. The highest BCUT2D eigenvalue weighted by atomic mass is 32.1. The number of rotatable bonds is 4. The van der Waals surface area contributed by atoms with Crippen LogP contribution in [-0.2, 0) is 4.74 Å². The van der Waals surface area contributed by atoms with Crippen molar-refractivity contribution in [2.75, 3.05) is 6.54 Å². The van der Waals surface area contributed by atoms with Crippen molar-refractivity contribution in [1.82, 2.24) is 9.88 Å². The number of hydrogen-bond acceptors (Lipinski definition) is 8. The molecule has 0 bridgehead atoms. The molecule has 1 saturated heterocycles. The lowest BCUT2D eigenvalue weighted by Gasteiger charge is -2.24. The van der Waals surface area contributed by atoms with Crippen molar-refractivity contribution < 1.29 is 14.6 Å². The molecule has 28 heavy (non-hydrogen) atoms. The number of phenolic OH excluding ortho intramolecular Hbond substituents is 1. The van der Waals surface area contributed by atoms with E-state index < -0.39 is 11.9 Å². The topological polar surface area (TPSA) is 136 Å². The number of phenols is 1. The van der Waals surface area contributed by atoms with Crippen LogP contribution in [0.3, 0.4) is 0 Å². The minimum atomic E-state index is -0.681. The number of aromatic hydroxyl groups is 1. The molecule has 0 radical (unpaired) electrons. The molecule has 0 saturated carbocycles. The van der Waals surface area contributed by atoms with Crippen molar-refractivity contribution in [1.29, 1.82) is 10.8 Å². The van der Waals surface area contributed by atoms with E-state index in [-0.39, 0.29) is 34.7 Å². The molecule has 3 rings (SSSR count). The number of aromatic nitrogens is 1. The molecule has 1 fully saturated rings. The molecule has 2 heterocycles. The average molecular weight is 401 g/mol. The summed E-state index contributed by atoms with van der Waals surface area (Å²) in [7, 11) is 0. The number of para-hydroxylation sites is 1. The van der Waals surface area contributed by atoms with Gasteiger partial charge >= 0.3 is 0 Å². The van der Waals surface area contributed by atoms with Crippen LogP contribution in [0.4, 0.5) is 0 Å². The van der Waals surface area contributed by atoms with E-state index in [0.29, 0.717) is 6.54 Å². The molecular formula is C19H23N5O3S. The quantitative estimate of drug-likeness (QED) is 0.461. The van der Waals surface area contributed by atoms with Crippen molar-refractivity contribution in [3.05, 3.63) is 45.4 Å². The molecule has 8 nitrogen and oxygen atoms in total. The third-order valence-corrected chi connectivity index (χ3v) is 5.64. The summed E-state index contributed by atoms with van der Waals surface area (Å²) in [6.07, 6.45) is 1.68. The number of nitrogens with two attached hydrogens (primary N) is 1. The van der Waals surface area contributed by atoms with E-state index in [4.69, 9.17) is 21.3 Å². The lowest BCUT2D eigenvalue weighted by atomic mass is 10.1. The zero-order valence-electron chi connectivity index (χ0n) is 15.7. The van der Waals surface area contributed by atoms with Gasteiger partial charge in [-0.2, -0.15) is 0 Å². The molecule has 1 amide bonds. The number of carbonyl (C=O) groups excluding carboxylic acids is 1. The Kier molecular flexibility index (Phi) is 5.76. The van der Waals surface area contributed by atoms with Gasteiger partial charge in [0.15, 0.2) is 0 Å². The van der Waals surface area contributed by atoms with Crippen LogP contribution in [0.25, 0.3) is 0 Å². The van der Waals surface area contributed by atoms with Crippen LogP contribution in [0.5, 0.6) is 5.75 Å². The van der Waals surface area contributed by atoms with Gasteiger partial charge in [-0.15, -0.1) is 11.3 Å². The highest BCUT2D eigenvalue weighted by Gasteiger charge is 2.34. The number of likely N-dealkylation sites (tertiary alicyclic amines) is 1. The van der Waals surface area contributed by atoms with E-state index in [2.05, 4.69) is 4.98 Å². The maximum atomic E-state index is 13.1. The van der Waals surface area contributed by atoms with Crippen molar-refractivity contribution in [2.45, 2.75) is 38.8 Å². The zero-order chi connectivity index (χ0) is 20.4. The van der Waals surface area contributed by atoms with Crippen LogP contribution in [-0.4, -0.2) is 45.3 Å². The first kappa shape index (κ1) is 20.0. The van der Waals surface area contributed by atoms with Gasteiger partial charge in [-0.05, 0) is 38.8 Å². The standard InChI is InChI=1S/C19H23N5O3S/c1-10-9-28-18(23-10)14-7-4-8-24(14)19(26)13-6-3-5-12(15(13)25)17(22)27-16(21)11(2)20/h3,5-6,9,11,14,21-22,25H,4,7-8,20H2,1-2H3/t11-,14+/m0/s1. The van der Waals surface area contributed by atoms with Crippen molar-refractivity contribution >= 4 is 29.0 Å². The smallest absolute Gasteiger partial charge is 0.258 e. The second-order valence-electron chi connectivity index (χ2n) is 6.77. The number of benzene rings is 1. The number of hydrogen-bond donors (Lipinski definition) is 4. The Morgan fingerprint density at radius 3 is 2.79 bits per heavy atom. The monoisotopic (exact) mass is 401 g/mol. The second kappa shape index (κ2) is 8.07. The van der Waals surface area contributed by atoms with Gasteiger partial charge in [-0.25, -0.2) is 4.98 Å². The van der Waals surface area contributed by atoms with E-state index in [9.17, 15) is 9.90 Å². The van der Waals surface area contributed by atoms with Gasteiger partial charge < -0.3 is 20.5 Å². The fourth-order valence-electron chi connectivity index (χ4n) is 3.10. The van der Waals surface area contributed by atoms with Gasteiger partial charge in [0.2, 0.25) is 11.8 Å². The maximum absolute atomic E-state index is 13.1. The van der Waals surface area contributed by atoms with Crippen LogP contribution in [0.1, 0.15) is 52.4 Å². The summed E-state index contributed by atoms with van der Waals surface area (Å²) >= 11 is 1.53. The molecule has 0 aliphatic carbocycles. The molecular weight excluding hydrogens is 378 g/mol. The number of nitrogens with one attached hydrogen (secondary N) is 2. The van der Waals surface area contributed by atoms with E-state index in [1.165, 1.54) is 23.5 Å². The SMILES string of the molecule is Cc1csc([C@H]2CCCN2C(=O)c2cccc(C(=N)OC(=N)[C@H](C)N)c2O)n1. The Morgan fingerprint density at radius 1 is 1.43 bits per heavy atom. The molecule has 148 valence electrons. The van der Waals surface area contributed by atoms with Crippen LogP contribution >= 0.6 is 11.3 Å². The highest BCUT2D eigenvalue weighted by Crippen LogP contribution is 2.36. The molecule has 1 aromatic carbocycles. The minimum absolute atomic E-state index is 0.0390. The highest BCUT2D eigenvalue weighted by molar-refractivity contribution is 7.09. The van der Waals surface area contributed by atoms with Crippen molar-refractivity contribution in [2.24, 2.45) is 5.73 Å². The predicted octanol–water partition coefficient (Wildman–Crippen LogP) is 2.80. The van der Waals surface area contributed by atoms with Crippen molar-refractivity contribution in [3.63, 3.8) is 0 Å². The Bertz CT molecular complexity index is 924. The second-order valence-corrected chi connectivity index (χ2v) is 7.66. The Morgan fingerprint density at radius 2 is 2.14 bits per heavy atom. The zero-order valence-corrected chi connectivity index (χ0v) is 16.5. The van der Waals surface area contributed by atoms with Crippen LogP contribution in [0, 0.1) is 17.7 Å². The molecule has 1 aromatic heterocycles. The van der Waals surface area contributed by atoms with Crippen LogP contribution < -0.4 is 5.73 Å². The molecule has 9 heteroatoms. The van der Waals surface area contributed by atoms with E-state index in [0.717, 1.165) is 23.5 Å². The van der Waals surface area contributed by atoms with Gasteiger partial charge in [0.25, 0.3) is 5.91 Å². The largest absolute Gasteiger partial charge is 0.506 e. The predicted molar refractivity (Wildman–Crippen MR) is 107 cm³/mol. The molecule has 1 aliphatic heterocycles. The first-order chi connectivity index (χ1) is 13.3. The summed E-state index contributed by atoms with van der Waals surface area (Å²) in [5.74, 6) is -1.37. The summed E-state index contributed by atoms with van der Waals surface area (Å²) in [6.45, 7) is 4.06. The van der Waals surface area contributed by atoms with Crippen molar-refractivity contribution in [3.8, 4) is 5.75 Å². The lowest BCUT2D eigenvalue weighted by Crippen LogP contribution is -2.31. The molecule has 2 atom stereocenters. The summed E-state index contributed by atoms with van der Waals surface area (Å²) in [5, 5.41) is 29.1. The Hall–Kier alpha value is -2.78. The van der Waals surface area contributed by atoms with E-state index >= 15 is 0 Å². The van der Waals surface area contributed by atoms with E-state index in [1.54, 1.807) is 17.9 Å². The summed E-state index contributed by atoms with van der Waals surface area (Å²) in [4.78, 5) is 19.4. The number of amides is 1. The lowest BCUT2D eigenvalue weighted by molar-refractivity contribution is 0.0732. The fraction of sp³-hybridized carbons (Fsp3) is 0.368. The van der Waals surface area contributed by atoms with Gasteiger partial charge in [-0.1, -0.05) is 6.07 Å². The summed E-state index contributed by atoms with van der Waals surface area (Å²) in [6, 6.07) is 3.77. The molecule has 2 aromatic rings. The first-order valence-electron chi connectivity index (χ1n) is 8.95. The Balaban J connectivity index is 1.86. The fourth-order valence-corrected chi connectivity index (χ4v) is 4.05.